The van der Waals surface area contributed by atoms with Gasteiger partial charge in [0.1, 0.15) is 0 Å². The highest BCUT2D eigenvalue weighted by atomic mass is 32.1. The first-order valence-electron chi connectivity index (χ1n) is 8.61. The average molecular weight is 395 g/mol. The van der Waals surface area contributed by atoms with E-state index in [2.05, 4.69) is 5.32 Å². The highest BCUT2D eigenvalue weighted by Crippen LogP contribution is 2.34. The minimum atomic E-state index is -4.45. The van der Waals surface area contributed by atoms with Gasteiger partial charge in [-0.05, 0) is 41.8 Å². The number of hydrogen-bond donors (Lipinski definition) is 1. The molecule has 2 aromatic carbocycles. The first-order valence-corrected chi connectivity index (χ1v) is 9.08. The van der Waals surface area contributed by atoms with Gasteiger partial charge in [-0.1, -0.05) is 42.5 Å². The van der Waals surface area contributed by atoms with Crippen molar-refractivity contribution in [3.8, 4) is 0 Å². The van der Waals surface area contributed by atoms with Crippen molar-refractivity contribution in [2.45, 2.75) is 31.5 Å². The third-order valence-electron chi connectivity index (χ3n) is 4.43. The topological polar surface area (TPSA) is 30.5 Å². The lowest BCUT2D eigenvalue weighted by Crippen LogP contribution is -2.43. The normalized spacial score (nSPS) is 21.6. The second-order valence-electron chi connectivity index (χ2n) is 6.36. The Bertz CT molecular complexity index is 783. The van der Waals surface area contributed by atoms with Crippen molar-refractivity contribution in [3.05, 3.63) is 70.8 Å². The van der Waals surface area contributed by atoms with Gasteiger partial charge in [-0.15, -0.1) is 0 Å². The van der Waals surface area contributed by atoms with Gasteiger partial charge >= 0.3 is 6.18 Å². The molecule has 0 aliphatic carbocycles. The van der Waals surface area contributed by atoms with Crippen molar-refractivity contribution in [3.63, 3.8) is 0 Å². The van der Waals surface area contributed by atoms with Crippen LogP contribution in [0, 0.1) is 0 Å². The van der Waals surface area contributed by atoms with Crippen LogP contribution < -0.4 is 5.32 Å². The van der Waals surface area contributed by atoms with Crippen LogP contribution in [0.15, 0.2) is 48.5 Å². The number of alkyl halides is 3. The maximum Gasteiger partial charge on any atom is 0.416 e. The Balaban J connectivity index is 1.83. The molecular weight excluding hydrogens is 375 g/mol. The van der Waals surface area contributed by atoms with Gasteiger partial charge in [0.05, 0.1) is 24.3 Å². The summed E-state index contributed by atoms with van der Waals surface area (Å²) in [6.45, 7) is 2.85. The summed E-state index contributed by atoms with van der Waals surface area (Å²) in [6.07, 6.45) is -5.66. The van der Waals surface area contributed by atoms with Gasteiger partial charge < -0.3 is 14.8 Å². The fourth-order valence-corrected chi connectivity index (χ4v) is 3.19. The van der Waals surface area contributed by atoms with E-state index >= 15 is 0 Å². The number of hydrogen-bond acceptors (Lipinski definition) is 4. The molecule has 3 rings (SSSR count). The summed E-state index contributed by atoms with van der Waals surface area (Å²) in [7, 11) is 0. The molecule has 0 spiro atoms. The number of morpholine rings is 1. The molecule has 1 saturated heterocycles. The van der Waals surface area contributed by atoms with Gasteiger partial charge in [0, 0.05) is 11.9 Å². The van der Waals surface area contributed by atoms with Gasteiger partial charge in [-0.2, -0.15) is 13.2 Å². The molecule has 2 aromatic rings. The molecule has 144 valence electrons. The summed E-state index contributed by atoms with van der Waals surface area (Å²) >= 11 is 4.82. The van der Waals surface area contributed by atoms with Crippen LogP contribution in [0.25, 0.3) is 0 Å². The molecule has 1 fully saturated rings. The summed E-state index contributed by atoms with van der Waals surface area (Å²) in [5.74, 6) is 0. The molecule has 0 aromatic heterocycles. The average Bonchev–Trinajstić information content (AvgIpc) is 2.68. The minimum absolute atomic E-state index is 0.196. The molecule has 1 aliphatic heterocycles. The van der Waals surface area contributed by atoms with Crippen LogP contribution in [-0.2, 0) is 15.7 Å². The van der Waals surface area contributed by atoms with E-state index in [-0.39, 0.29) is 6.04 Å². The van der Waals surface area contributed by atoms with Crippen LogP contribution in [0.2, 0.25) is 0 Å². The lowest BCUT2D eigenvalue weighted by atomic mass is 10.0. The predicted molar refractivity (Wildman–Crippen MR) is 101 cm³/mol. The number of rotatable bonds is 5. The van der Waals surface area contributed by atoms with Gasteiger partial charge in [-0.25, -0.2) is 0 Å². The summed E-state index contributed by atoms with van der Waals surface area (Å²) in [5.41, 5.74) is 0.987. The molecule has 0 radical (unpaired) electrons. The summed E-state index contributed by atoms with van der Waals surface area (Å²) < 4.78 is 51.3. The third kappa shape index (κ3) is 4.93. The van der Waals surface area contributed by atoms with Crippen molar-refractivity contribution in [1.82, 2.24) is 5.32 Å². The van der Waals surface area contributed by atoms with Gasteiger partial charge in [0.25, 0.3) is 0 Å². The highest BCUT2D eigenvalue weighted by molar-refractivity contribution is 7.79. The molecule has 0 saturated carbocycles. The second-order valence-corrected chi connectivity index (χ2v) is 6.60. The molecule has 3 nitrogen and oxygen atoms in total. The minimum Gasteiger partial charge on any atom is -0.349 e. The Kier molecular flexibility index (Phi) is 6.26. The van der Waals surface area contributed by atoms with E-state index < -0.39 is 24.1 Å². The maximum atomic E-state index is 13.2. The molecular formula is C20H20F3NO2S. The van der Waals surface area contributed by atoms with Crippen molar-refractivity contribution >= 4 is 17.6 Å². The number of nitrogens with one attached hydrogen (secondary N) is 1. The van der Waals surface area contributed by atoms with Crippen LogP contribution in [0.5, 0.6) is 0 Å². The Morgan fingerprint density at radius 2 is 1.96 bits per heavy atom. The molecule has 7 heteroatoms. The lowest BCUT2D eigenvalue weighted by molar-refractivity contribution is -0.200. The molecule has 3 atom stereocenters. The summed E-state index contributed by atoms with van der Waals surface area (Å²) in [5, 5.41) is 4.58. The van der Waals surface area contributed by atoms with Gasteiger partial charge in [-0.3, -0.25) is 0 Å². The van der Waals surface area contributed by atoms with E-state index in [1.807, 2.05) is 30.3 Å². The first-order chi connectivity index (χ1) is 12.9. The smallest absolute Gasteiger partial charge is 0.349 e. The van der Waals surface area contributed by atoms with E-state index in [1.165, 1.54) is 5.37 Å². The van der Waals surface area contributed by atoms with E-state index in [0.717, 1.165) is 17.7 Å². The zero-order valence-corrected chi connectivity index (χ0v) is 15.5. The molecule has 0 unspecified atom stereocenters. The van der Waals surface area contributed by atoms with Crippen molar-refractivity contribution in [2.75, 3.05) is 13.2 Å². The van der Waals surface area contributed by atoms with Gasteiger partial charge in [0.15, 0.2) is 6.29 Å². The van der Waals surface area contributed by atoms with E-state index in [1.54, 1.807) is 13.0 Å². The van der Waals surface area contributed by atoms with E-state index in [0.29, 0.717) is 24.3 Å². The van der Waals surface area contributed by atoms with Crippen LogP contribution in [0.1, 0.15) is 41.3 Å². The van der Waals surface area contributed by atoms with Crippen LogP contribution in [0.4, 0.5) is 13.2 Å². The number of halogens is 3. The molecule has 1 heterocycles. The summed E-state index contributed by atoms with van der Waals surface area (Å²) in [6, 6.07) is 13.2. The van der Waals surface area contributed by atoms with Crippen LogP contribution in [0.3, 0.4) is 0 Å². The van der Waals surface area contributed by atoms with Crippen molar-refractivity contribution < 1.29 is 22.6 Å². The standard InChI is InChI=1S/C20H20F3NO2S/c1-13(16-9-14(12-27)10-17(11-16)20(21,22)23)26-19-18(24-7-8-25-19)15-5-3-2-4-6-15/h2-6,9-13,18-19,24H,7-8H2,1H3/t13-,18+,19-/m1/s1. The van der Waals surface area contributed by atoms with Crippen molar-refractivity contribution in [1.29, 1.82) is 0 Å². The Labute approximate surface area is 161 Å². The largest absolute Gasteiger partial charge is 0.416 e. The molecule has 27 heavy (non-hydrogen) atoms. The predicted octanol–water partition coefficient (Wildman–Crippen LogP) is 4.82. The van der Waals surface area contributed by atoms with E-state index in [9.17, 15) is 13.2 Å². The molecule has 1 aliphatic rings. The number of thiocarbonyl (C=S) groups is 1. The molecule has 0 amide bonds. The van der Waals surface area contributed by atoms with Crippen LogP contribution in [-0.4, -0.2) is 24.8 Å². The quantitative estimate of drug-likeness (QED) is 0.736. The zero-order chi connectivity index (χ0) is 19.4. The van der Waals surface area contributed by atoms with Crippen LogP contribution >= 0.6 is 12.2 Å². The Hall–Kier alpha value is -1.80. The second kappa shape index (κ2) is 8.48. The maximum absolute atomic E-state index is 13.2. The first kappa shape index (κ1) is 19.9. The Morgan fingerprint density at radius 1 is 1.22 bits per heavy atom. The summed E-state index contributed by atoms with van der Waals surface area (Å²) in [4.78, 5) is 0. The monoisotopic (exact) mass is 395 g/mol. The fraction of sp³-hybridized carbons (Fsp3) is 0.350. The van der Waals surface area contributed by atoms with Crippen molar-refractivity contribution in [2.24, 2.45) is 0 Å². The number of ether oxygens (including phenoxy) is 2. The van der Waals surface area contributed by atoms with Gasteiger partial charge in [0.2, 0.25) is 0 Å². The highest BCUT2D eigenvalue weighted by Gasteiger charge is 2.33. The van der Waals surface area contributed by atoms with E-state index in [4.69, 9.17) is 21.7 Å². The zero-order valence-electron chi connectivity index (χ0n) is 14.7. The lowest BCUT2D eigenvalue weighted by Gasteiger charge is -2.34. The third-order valence-corrected chi connectivity index (χ3v) is 4.70. The Morgan fingerprint density at radius 3 is 2.63 bits per heavy atom. The molecule has 0 bridgehead atoms. The fourth-order valence-electron chi connectivity index (χ4n) is 3.06. The SMILES string of the molecule is C[C@@H](O[C@H]1OCCN[C@H]1c1ccccc1)c1cc(C=S)cc(C(F)(F)F)c1. The number of benzene rings is 2. The molecule has 1 N–H and O–H groups in total.